The Morgan fingerprint density at radius 1 is 1.44 bits per heavy atom. The van der Waals surface area contributed by atoms with Crippen molar-refractivity contribution in [2.45, 2.75) is 19.3 Å². The Morgan fingerprint density at radius 3 is 2.94 bits per heavy atom. The number of nitrogens with one attached hydrogen (secondary N) is 1. The Kier molecular flexibility index (Phi) is 4.36. The molecular formula is C12H18N2OS. The molecule has 0 atom stereocenters. The Bertz CT molecular complexity index is 318. The zero-order valence-electron chi connectivity index (χ0n) is 9.45. The fourth-order valence-electron chi connectivity index (χ4n) is 1.94. The Morgan fingerprint density at radius 2 is 2.25 bits per heavy atom. The van der Waals surface area contributed by atoms with E-state index >= 15 is 0 Å². The highest BCUT2D eigenvalue weighted by atomic mass is 32.1. The molecule has 2 rings (SSSR count). The maximum absolute atomic E-state index is 11.7. The first-order valence-electron chi connectivity index (χ1n) is 5.87. The molecule has 0 unspecified atom stereocenters. The summed E-state index contributed by atoms with van der Waals surface area (Å²) in [5, 5.41) is 5.30. The lowest BCUT2D eigenvalue weighted by molar-refractivity contribution is -0.129. The summed E-state index contributed by atoms with van der Waals surface area (Å²) in [4.78, 5) is 15.0. The highest BCUT2D eigenvalue weighted by Crippen LogP contribution is 2.08. The molecule has 0 saturated carbocycles. The van der Waals surface area contributed by atoms with Crippen LogP contribution in [0.1, 0.15) is 17.7 Å². The third-order valence-electron chi connectivity index (χ3n) is 2.86. The minimum atomic E-state index is 0.253. The van der Waals surface area contributed by atoms with Crippen LogP contribution in [0.15, 0.2) is 17.5 Å². The van der Waals surface area contributed by atoms with Gasteiger partial charge in [0, 0.05) is 24.5 Å². The minimum absolute atomic E-state index is 0.253. The van der Waals surface area contributed by atoms with E-state index in [0.29, 0.717) is 6.54 Å². The number of nitrogens with zero attached hydrogens (tertiary/aromatic N) is 1. The molecule has 0 aliphatic carbocycles. The summed E-state index contributed by atoms with van der Waals surface area (Å²) in [5.41, 5.74) is 0. The van der Waals surface area contributed by atoms with Crippen molar-refractivity contribution in [3.8, 4) is 0 Å². The number of carbonyl (C=O) groups excluding carboxylic acids is 1. The number of hydrogen-bond donors (Lipinski definition) is 1. The summed E-state index contributed by atoms with van der Waals surface area (Å²) in [6.07, 6.45) is 3.35. The topological polar surface area (TPSA) is 32.3 Å². The van der Waals surface area contributed by atoms with Crippen LogP contribution in [-0.4, -0.2) is 37.0 Å². The monoisotopic (exact) mass is 238 g/mol. The summed E-state index contributed by atoms with van der Waals surface area (Å²) in [7, 11) is 0. The Hall–Kier alpha value is -0.870. The summed E-state index contributed by atoms with van der Waals surface area (Å²) in [6, 6.07) is 4.20. The number of rotatable bonds is 5. The number of likely N-dealkylation sites (tertiary alicyclic amines) is 1. The van der Waals surface area contributed by atoms with E-state index < -0.39 is 0 Å². The molecule has 1 saturated heterocycles. The summed E-state index contributed by atoms with van der Waals surface area (Å²) >= 11 is 1.77. The summed E-state index contributed by atoms with van der Waals surface area (Å²) in [5.74, 6) is 0.253. The summed E-state index contributed by atoms with van der Waals surface area (Å²) < 4.78 is 0. The van der Waals surface area contributed by atoms with Crippen LogP contribution in [0.4, 0.5) is 0 Å². The van der Waals surface area contributed by atoms with Crippen LogP contribution in [0, 0.1) is 0 Å². The molecule has 3 nitrogen and oxygen atoms in total. The average Bonchev–Trinajstić information content (AvgIpc) is 2.96. The smallest absolute Gasteiger partial charge is 0.236 e. The second kappa shape index (κ2) is 6.01. The van der Waals surface area contributed by atoms with Crippen molar-refractivity contribution in [3.05, 3.63) is 22.4 Å². The number of carbonyl (C=O) groups is 1. The Balaban J connectivity index is 1.59. The molecule has 2 heterocycles. The zero-order chi connectivity index (χ0) is 11.2. The van der Waals surface area contributed by atoms with Gasteiger partial charge in [0.15, 0.2) is 0 Å². The van der Waals surface area contributed by atoms with E-state index in [9.17, 15) is 4.79 Å². The predicted molar refractivity (Wildman–Crippen MR) is 66.7 cm³/mol. The predicted octanol–water partition coefficient (Wildman–Crippen LogP) is 1.50. The molecule has 1 N–H and O–H groups in total. The third-order valence-corrected chi connectivity index (χ3v) is 3.80. The van der Waals surface area contributed by atoms with Crippen LogP contribution in [0.3, 0.4) is 0 Å². The van der Waals surface area contributed by atoms with Crippen molar-refractivity contribution in [2.75, 3.05) is 26.2 Å². The molecule has 4 heteroatoms. The van der Waals surface area contributed by atoms with E-state index in [0.717, 1.165) is 26.1 Å². The molecule has 1 aliphatic heterocycles. The molecule has 1 amide bonds. The molecule has 1 fully saturated rings. The molecule has 1 aromatic heterocycles. The fourth-order valence-corrected chi connectivity index (χ4v) is 2.65. The molecule has 0 aromatic carbocycles. The van der Waals surface area contributed by atoms with E-state index in [4.69, 9.17) is 0 Å². The van der Waals surface area contributed by atoms with Gasteiger partial charge >= 0.3 is 0 Å². The highest BCUT2D eigenvalue weighted by molar-refractivity contribution is 7.09. The van der Waals surface area contributed by atoms with Gasteiger partial charge in [-0.3, -0.25) is 4.79 Å². The van der Waals surface area contributed by atoms with Gasteiger partial charge in [0.2, 0.25) is 5.91 Å². The second-order valence-corrected chi connectivity index (χ2v) is 5.13. The maximum Gasteiger partial charge on any atom is 0.236 e. The average molecular weight is 238 g/mol. The Labute approximate surface area is 100 Å². The second-order valence-electron chi connectivity index (χ2n) is 4.09. The van der Waals surface area contributed by atoms with Crippen molar-refractivity contribution in [1.82, 2.24) is 10.2 Å². The van der Waals surface area contributed by atoms with Crippen molar-refractivity contribution in [3.63, 3.8) is 0 Å². The van der Waals surface area contributed by atoms with Gasteiger partial charge < -0.3 is 10.2 Å². The zero-order valence-corrected chi connectivity index (χ0v) is 10.3. The van der Waals surface area contributed by atoms with Crippen LogP contribution >= 0.6 is 11.3 Å². The standard InChI is InChI=1S/C12H18N2OS/c15-12(14-7-1-2-8-14)10-13-6-5-11-4-3-9-16-11/h3-4,9,13H,1-2,5-8,10H2. The van der Waals surface area contributed by atoms with E-state index in [1.807, 2.05) is 4.90 Å². The van der Waals surface area contributed by atoms with Gasteiger partial charge in [-0.2, -0.15) is 0 Å². The van der Waals surface area contributed by atoms with Gasteiger partial charge in [0.05, 0.1) is 6.54 Å². The summed E-state index contributed by atoms with van der Waals surface area (Å²) in [6.45, 7) is 3.28. The molecule has 16 heavy (non-hydrogen) atoms. The molecule has 0 bridgehead atoms. The van der Waals surface area contributed by atoms with Gasteiger partial charge in [-0.1, -0.05) is 6.07 Å². The van der Waals surface area contributed by atoms with Gasteiger partial charge in [0.25, 0.3) is 0 Å². The van der Waals surface area contributed by atoms with E-state index in [-0.39, 0.29) is 5.91 Å². The number of amides is 1. The quantitative estimate of drug-likeness (QED) is 0.789. The first-order valence-corrected chi connectivity index (χ1v) is 6.75. The molecule has 88 valence electrons. The first-order chi connectivity index (χ1) is 7.86. The van der Waals surface area contributed by atoms with Gasteiger partial charge in [-0.05, 0) is 30.7 Å². The molecular weight excluding hydrogens is 220 g/mol. The van der Waals surface area contributed by atoms with Gasteiger partial charge in [-0.25, -0.2) is 0 Å². The van der Waals surface area contributed by atoms with E-state index in [2.05, 4.69) is 22.8 Å². The lowest BCUT2D eigenvalue weighted by atomic mass is 10.3. The normalized spacial score (nSPS) is 15.6. The number of thiophene rings is 1. The van der Waals surface area contributed by atoms with Crippen LogP contribution in [0.25, 0.3) is 0 Å². The third kappa shape index (κ3) is 3.32. The van der Waals surface area contributed by atoms with Crippen LogP contribution in [0.2, 0.25) is 0 Å². The van der Waals surface area contributed by atoms with Crippen molar-refractivity contribution in [2.24, 2.45) is 0 Å². The molecule has 1 aliphatic rings. The van der Waals surface area contributed by atoms with Gasteiger partial charge in [0.1, 0.15) is 0 Å². The molecule has 0 radical (unpaired) electrons. The van der Waals surface area contributed by atoms with Crippen molar-refractivity contribution < 1.29 is 4.79 Å². The highest BCUT2D eigenvalue weighted by Gasteiger charge is 2.16. The minimum Gasteiger partial charge on any atom is -0.342 e. The lowest BCUT2D eigenvalue weighted by Crippen LogP contribution is -2.36. The fraction of sp³-hybridized carbons (Fsp3) is 0.583. The molecule has 1 aromatic rings. The first kappa shape index (κ1) is 11.6. The molecule has 0 spiro atoms. The van der Waals surface area contributed by atoms with Crippen molar-refractivity contribution in [1.29, 1.82) is 0 Å². The van der Waals surface area contributed by atoms with Crippen molar-refractivity contribution >= 4 is 17.2 Å². The van der Waals surface area contributed by atoms with Crippen LogP contribution in [-0.2, 0) is 11.2 Å². The number of hydrogen-bond acceptors (Lipinski definition) is 3. The lowest BCUT2D eigenvalue weighted by Gasteiger charge is -2.15. The van der Waals surface area contributed by atoms with E-state index in [1.165, 1.54) is 17.7 Å². The SMILES string of the molecule is O=C(CNCCc1cccs1)N1CCCC1. The maximum atomic E-state index is 11.7. The largest absolute Gasteiger partial charge is 0.342 e. The van der Waals surface area contributed by atoms with Crippen LogP contribution < -0.4 is 5.32 Å². The van der Waals surface area contributed by atoms with E-state index in [1.54, 1.807) is 11.3 Å². The van der Waals surface area contributed by atoms with Crippen LogP contribution in [0.5, 0.6) is 0 Å². The van der Waals surface area contributed by atoms with Gasteiger partial charge in [-0.15, -0.1) is 11.3 Å².